The molecular weight excluding hydrogens is 633 g/mol. The van der Waals surface area contributed by atoms with Crippen molar-refractivity contribution in [2.45, 2.75) is 46.4 Å². The van der Waals surface area contributed by atoms with Crippen LogP contribution in [0.15, 0.2) is 81.7 Å². The first kappa shape index (κ1) is 32.0. The summed E-state index contributed by atoms with van der Waals surface area (Å²) in [5.41, 5.74) is 2.57. The number of carbonyl (C=O) groups is 1. The molecule has 3 aromatic carbocycles. The van der Waals surface area contributed by atoms with Crippen molar-refractivity contribution in [3.05, 3.63) is 124 Å². The van der Waals surface area contributed by atoms with Gasteiger partial charge in [0.2, 0.25) is 0 Å². The molecule has 0 aliphatic carbocycles. The molecule has 0 N–H and O–H groups in total. The van der Waals surface area contributed by atoms with E-state index in [1.807, 2.05) is 44.2 Å². The summed E-state index contributed by atoms with van der Waals surface area (Å²) in [6.07, 6.45) is 1.49. The molecule has 1 atom stereocenters. The maximum atomic E-state index is 14.2. The van der Waals surface area contributed by atoms with E-state index in [0.29, 0.717) is 53.8 Å². The molecule has 0 saturated heterocycles. The number of nitrogens with zero attached hydrogens (tertiary/aromatic N) is 3. The topological polar surface area (TPSA) is 103 Å². The number of nitriles is 1. The van der Waals surface area contributed by atoms with Crippen molar-refractivity contribution in [3.8, 4) is 17.6 Å². The van der Waals surface area contributed by atoms with Crippen LogP contribution in [0.3, 0.4) is 0 Å². The van der Waals surface area contributed by atoms with Gasteiger partial charge in [-0.3, -0.25) is 9.36 Å². The molecule has 0 radical (unpaired) electrons. The van der Waals surface area contributed by atoms with Crippen LogP contribution in [0.2, 0.25) is 10.0 Å². The molecule has 0 bridgehead atoms. The van der Waals surface area contributed by atoms with Gasteiger partial charge in [0.15, 0.2) is 4.80 Å². The van der Waals surface area contributed by atoms with Gasteiger partial charge in [-0.05, 0) is 58.0 Å². The SMILES string of the molecule is CCOC(=O)C1=C(C)N=c2s/c(=C\c3cc(Cl)cc(Cl)c3OCc3ccccc3C#N)c(=O)n2[C@@H]1c1ccccc1OC(C)C. The number of thiazole rings is 1. The van der Waals surface area contributed by atoms with Gasteiger partial charge in [-0.25, -0.2) is 9.79 Å². The van der Waals surface area contributed by atoms with Gasteiger partial charge in [0.05, 0.1) is 45.2 Å². The number of esters is 1. The van der Waals surface area contributed by atoms with Crippen LogP contribution < -0.4 is 24.4 Å². The summed E-state index contributed by atoms with van der Waals surface area (Å²) >= 11 is 14.1. The highest BCUT2D eigenvalue weighted by Gasteiger charge is 2.35. The fraction of sp³-hybridized carbons (Fsp3) is 0.235. The van der Waals surface area contributed by atoms with Crippen molar-refractivity contribution in [3.63, 3.8) is 0 Å². The van der Waals surface area contributed by atoms with E-state index in [1.54, 1.807) is 50.3 Å². The number of carbonyl (C=O) groups excluding carboxylic acids is 1. The lowest BCUT2D eigenvalue weighted by molar-refractivity contribution is -0.139. The number of hydrogen-bond acceptors (Lipinski definition) is 8. The largest absolute Gasteiger partial charge is 0.491 e. The van der Waals surface area contributed by atoms with Gasteiger partial charge in [0.1, 0.15) is 24.1 Å². The van der Waals surface area contributed by atoms with Crippen LogP contribution in [0.25, 0.3) is 6.08 Å². The van der Waals surface area contributed by atoms with Gasteiger partial charge in [0, 0.05) is 21.7 Å². The number of aromatic nitrogens is 1. The van der Waals surface area contributed by atoms with Crippen molar-refractivity contribution in [1.82, 2.24) is 4.57 Å². The number of fused-ring (bicyclic) bond motifs is 1. The average molecular weight is 663 g/mol. The van der Waals surface area contributed by atoms with E-state index >= 15 is 0 Å². The minimum Gasteiger partial charge on any atom is -0.491 e. The van der Waals surface area contributed by atoms with Crippen LogP contribution >= 0.6 is 34.5 Å². The summed E-state index contributed by atoms with van der Waals surface area (Å²) in [4.78, 5) is 32.6. The number of rotatable bonds is 9. The van der Waals surface area contributed by atoms with Gasteiger partial charge >= 0.3 is 5.97 Å². The van der Waals surface area contributed by atoms with E-state index in [9.17, 15) is 14.9 Å². The van der Waals surface area contributed by atoms with Crippen LogP contribution in [0.4, 0.5) is 0 Å². The Bertz CT molecular complexity index is 2040. The Labute approximate surface area is 274 Å². The van der Waals surface area contributed by atoms with Crippen LogP contribution in [0, 0.1) is 11.3 Å². The second-order valence-corrected chi connectivity index (χ2v) is 12.2. The highest BCUT2D eigenvalue weighted by molar-refractivity contribution is 7.07. The van der Waals surface area contributed by atoms with Crippen molar-refractivity contribution in [1.29, 1.82) is 5.26 Å². The number of para-hydroxylation sites is 1. The average Bonchev–Trinajstić information content (AvgIpc) is 3.30. The van der Waals surface area contributed by atoms with Gasteiger partial charge in [0.25, 0.3) is 5.56 Å². The first-order valence-electron chi connectivity index (χ1n) is 14.2. The molecular formula is C34H29Cl2N3O5S. The normalized spacial score (nSPS) is 14.5. The zero-order valence-electron chi connectivity index (χ0n) is 25.0. The van der Waals surface area contributed by atoms with E-state index in [1.165, 1.54) is 4.57 Å². The second kappa shape index (κ2) is 13.7. The van der Waals surface area contributed by atoms with E-state index < -0.39 is 12.0 Å². The highest BCUT2D eigenvalue weighted by atomic mass is 35.5. The molecule has 11 heteroatoms. The molecule has 5 rings (SSSR count). The summed E-state index contributed by atoms with van der Waals surface area (Å²) in [7, 11) is 0. The smallest absolute Gasteiger partial charge is 0.338 e. The molecule has 4 aromatic rings. The quantitative estimate of drug-likeness (QED) is 0.194. The van der Waals surface area contributed by atoms with Gasteiger partial charge in [-0.15, -0.1) is 0 Å². The van der Waals surface area contributed by atoms with Crippen LogP contribution in [-0.2, 0) is 16.1 Å². The predicted octanol–water partition coefficient (Wildman–Crippen LogP) is 6.34. The molecule has 1 aliphatic heterocycles. The summed E-state index contributed by atoms with van der Waals surface area (Å²) < 4.78 is 19.5. The second-order valence-electron chi connectivity index (χ2n) is 10.4. The number of ether oxygens (including phenoxy) is 3. The maximum absolute atomic E-state index is 14.2. The minimum atomic E-state index is -0.849. The molecule has 0 fully saturated rings. The fourth-order valence-electron chi connectivity index (χ4n) is 5.04. The number of halogens is 2. The Kier molecular flexibility index (Phi) is 9.78. The first-order chi connectivity index (χ1) is 21.6. The zero-order chi connectivity index (χ0) is 32.2. The number of benzene rings is 3. The predicted molar refractivity (Wildman–Crippen MR) is 175 cm³/mol. The molecule has 0 amide bonds. The van der Waals surface area contributed by atoms with E-state index in [0.717, 1.165) is 11.3 Å². The van der Waals surface area contributed by atoms with E-state index in [-0.39, 0.29) is 35.5 Å². The summed E-state index contributed by atoms with van der Waals surface area (Å²) in [6.45, 7) is 7.50. The third kappa shape index (κ3) is 6.69. The zero-order valence-corrected chi connectivity index (χ0v) is 27.3. The van der Waals surface area contributed by atoms with Crippen molar-refractivity contribution in [2.75, 3.05) is 6.61 Å². The fourth-order valence-corrected chi connectivity index (χ4v) is 6.64. The van der Waals surface area contributed by atoms with Crippen LogP contribution in [0.1, 0.15) is 56.0 Å². The Morgan fingerprint density at radius 2 is 1.89 bits per heavy atom. The van der Waals surface area contributed by atoms with Gasteiger partial charge in [-0.1, -0.05) is 70.9 Å². The monoisotopic (exact) mass is 661 g/mol. The first-order valence-corrected chi connectivity index (χ1v) is 15.7. The number of allylic oxidation sites excluding steroid dienone is 1. The van der Waals surface area contributed by atoms with Crippen molar-refractivity contribution >= 4 is 46.6 Å². The lowest BCUT2D eigenvalue weighted by Crippen LogP contribution is -2.40. The minimum absolute atomic E-state index is 0.0713. The molecule has 0 unspecified atom stereocenters. The summed E-state index contributed by atoms with van der Waals surface area (Å²) in [6, 6.07) is 18.9. The molecule has 8 nitrogen and oxygen atoms in total. The molecule has 0 saturated carbocycles. The Morgan fingerprint density at radius 1 is 1.16 bits per heavy atom. The Balaban J connectivity index is 1.68. The molecule has 0 spiro atoms. The third-order valence-corrected chi connectivity index (χ3v) is 8.41. The van der Waals surface area contributed by atoms with Crippen LogP contribution in [-0.4, -0.2) is 23.2 Å². The molecule has 1 aromatic heterocycles. The lowest BCUT2D eigenvalue weighted by Gasteiger charge is -2.26. The highest BCUT2D eigenvalue weighted by Crippen LogP contribution is 2.37. The third-order valence-electron chi connectivity index (χ3n) is 6.93. The Hall–Kier alpha value is -4.36. The summed E-state index contributed by atoms with van der Waals surface area (Å²) in [5.74, 6) is 0.279. The van der Waals surface area contributed by atoms with Gasteiger partial charge in [-0.2, -0.15) is 5.26 Å². The van der Waals surface area contributed by atoms with Crippen LogP contribution in [0.5, 0.6) is 11.5 Å². The molecule has 45 heavy (non-hydrogen) atoms. The Morgan fingerprint density at radius 3 is 2.62 bits per heavy atom. The molecule has 1 aliphatic rings. The lowest BCUT2D eigenvalue weighted by atomic mass is 9.95. The van der Waals surface area contributed by atoms with Crippen molar-refractivity contribution < 1.29 is 19.0 Å². The van der Waals surface area contributed by atoms with E-state index in [4.69, 9.17) is 37.4 Å². The molecule has 230 valence electrons. The number of hydrogen-bond donors (Lipinski definition) is 0. The van der Waals surface area contributed by atoms with Gasteiger partial charge < -0.3 is 14.2 Å². The van der Waals surface area contributed by atoms with Crippen molar-refractivity contribution in [2.24, 2.45) is 4.99 Å². The standard InChI is InChI=1S/C34H29Cl2N3O5S/c1-5-42-33(41)29-20(4)38-34-39(30(29)25-12-8-9-13-27(25)44-19(2)3)32(40)28(45-34)15-23-14-24(35)16-26(36)31(23)43-18-22-11-7-6-10-21(22)17-37/h6-16,19,30H,5,18H2,1-4H3/b28-15-/t30-/m1/s1. The molecule has 2 heterocycles. The summed E-state index contributed by atoms with van der Waals surface area (Å²) in [5, 5.41) is 10.1. The van der Waals surface area contributed by atoms with E-state index in [2.05, 4.69) is 11.1 Å². The maximum Gasteiger partial charge on any atom is 0.338 e.